The maximum atomic E-state index is 11.9. The second-order valence-electron chi connectivity index (χ2n) is 4.33. The van der Waals surface area contributed by atoms with E-state index < -0.39 is 5.41 Å². The number of aromatic nitrogens is 1. The molecule has 0 aliphatic heterocycles. The molecule has 1 aromatic rings. The van der Waals surface area contributed by atoms with Crippen molar-refractivity contribution in [2.75, 3.05) is 13.2 Å². The number of pyridine rings is 1. The van der Waals surface area contributed by atoms with Crippen LogP contribution in [0.1, 0.15) is 26.2 Å². The zero-order valence-electron chi connectivity index (χ0n) is 10.0. The molecule has 0 spiro atoms. The fraction of sp³-hybridized carbons (Fsp3) is 0.538. The first-order valence-corrected chi connectivity index (χ1v) is 5.97. The van der Waals surface area contributed by atoms with E-state index in [4.69, 9.17) is 9.47 Å². The Hall–Kier alpha value is -1.58. The number of rotatable bonds is 5. The van der Waals surface area contributed by atoms with Crippen LogP contribution in [0.3, 0.4) is 0 Å². The van der Waals surface area contributed by atoms with E-state index in [9.17, 15) is 4.79 Å². The molecule has 0 amide bonds. The van der Waals surface area contributed by atoms with E-state index in [1.807, 2.05) is 6.92 Å². The lowest BCUT2D eigenvalue weighted by molar-refractivity contribution is -0.163. The van der Waals surface area contributed by atoms with Crippen LogP contribution in [0.5, 0.6) is 5.75 Å². The first-order valence-electron chi connectivity index (χ1n) is 5.97. The molecule has 2 rings (SSSR count). The Labute approximate surface area is 101 Å². The SMILES string of the molecule is CCOC(=O)C1(COc2ccncc2)CCC1. The Morgan fingerprint density at radius 3 is 2.65 bits per heavy atom. The maximum Gasteiger partial charge on any atom is 0.315 e. The normalized spacial score (nSPS) is 17.0. The molecule has 1 heterocycles. The second kappa shape index (κ2) is 5.17. The second-order valence-corrected chi connectivity index (χ2v) is 4.33. The van der Waals surface area contributed by atoms with Crippen molar-refractivity contribution in [2.24, 2.45) is 5.41 Å². The predicted molar refractivity (Wildman–Crippen MR) is 62.6 cm³/mol. The van der Waals surface area contributed by atoms with Crippen molar-refractivity contribution < 1.29 is 14.3 Å². The monoisotopic (exact) mass is 235 g/mol. The quantitative estimate of drug-likeness (QED) is 0.734. The molecule has 17 heavy (non-hydrogen) atoms. The number of hydrogen-bond acceptors (Lipinski definition) is 4. The van der Waals surface area contributed by atoms with Crippen LogP contribution >= 0.6 is 0 Å². The van der Waals surface area contributed by atoms with Gasteiger partial charge in [-0.3, -0.25) is 9.78 Å². The minimum Gasteiger partial charge on any atom is -0.492 e. The van der Waals surface area contributed by atoms with E-state index in [1.165, 1.54) is 0 Å². The van der Waals surface area contributed by atoms with Gasteiger partial charge in [-0.1, -0.05) is 6.42 Å². The molecule has 4 nitrogen and oxygen atoms in total. The largest absolute Gasteiger partial charge is 0.492 e. The molecule has 0 saturated heterocycles. The Morgan fingerprint density at radius 2 is 2.12 bits per heavy atom. The summed E-state index contributed by atoms with van der Waals surface area (Å²) in [5, 5.41) is 0. The van der Waals surface area contributed by atoms with Crippen molar-refractivity contribution in [2.45, 2.75) is 26.2 Å². The van der Waals surface area contributed by atoms with E-state index in [0.29, 0.717) is 13.2 Å². The number of nitrogens with zero attached hydrogens (tertiary/aromatic N) is 1. The molecule has 0 N–H and O–H groups in total. The van der Waals surface area contributed by atoms with Crippen LogP contribution in [0.2, 0.25) is 0 Å². The van der Waals surface area contributed by atoms with Crippen molar-refractivity contribution in [1.82, 2.24) is 4.98 Å². The van der Waals surface area contributed by atoms with E-state index in [1.54, 1.807) is 24.5 Å². The molecule has 0 atom stereocenters. The fourth-order valence-corrected chi connectivity index (χ4v) is 1.95. The molecule has 1 aliphatic carbocycles. The van der Waals surface area contributed by atoms with Gasteiger partial charge in [0.25, 0.3) is 0 Å². The zero-order chi connectivity index (χ0) is 12.1. The summed E-state index contributed by atoms with van der Waals surface area (Å²) >= 11 is 0. The average molecular weight is 235 g/mol. The molecular weight excluding hydrogens is 218 g/mol. The highest BCUT2D eigenvalue weighted by Gasteiger charge is 2.46. The maximum absolute atomic E-state index is 11.9. The molecular formula is C13H17NO3. The van der Waals surface area contributed by atoms with Gasteiger partial charge in [-0.15, -0.1) is 0 Å². The highest BCUT2D eigenvalue weighted by molar-refractivity contribution is 5.78. The molecule has 1 saturated carbocycles. The minimum absolute atomic E-state index is 0.125. The molecule has 92 valence electrons. The number of carbonyl (C=O) groups excluding carboxylic acids is 1. The third-order valence-electron chi connectivity index (χ3n) is 3.18. The van der Waals surface area contributed by atoms with Crippen LogP contribution in [0.15, 0.2) is 24.5 Å². The van der Waals surface area contributed by atoms with Crippen LogP contribution in [0.4, 0.5) is 0 Å². The Bertz CT molecular complexity index is 374. The standard InChI is InChI=1S/C13H17NO3/c1-2-16-12(15)13(6-3-7-13)10-17-11-4-8-14-9-5-11/h4-5,8-9H,2-3,6-7,10H2,1H3. The average Bonchev–Trinajstić information content (AvgIpc) is 2.29. The first-order chi connectivity index (χ1) is 8.27. The Kier molecular flexibility index (Phi) is 3.61. The van der Waals surface area contributed by atoms with Gasteiger partial charge < -0.3 is 9.47 Å². The summed E-state index contributed by atoms with van der Waals surface area (Å²) in [4.78, 5) is 15.8. The molecule has 1 fully saturated rings. The smallest absolute Gasteiger partial charge is 0.315 e. The summed E-state index contributed by atoms with van der Waals surface area (Å²) in [6.07, 6.45) is 6.13. The Morgan fingerprint density at radius 1 is 1.41 bits per heavy atom. The highest BCUT2D eigenvalue weighted by atomic mass is 16.5. The van der Waals surface area contributed by atoms with Gasteiger partial charge in [-0.05, 0) is 31.9 Å². The summed E-state index contributed by atoms with van der Waals surface area (Å²) in [5.41, 5.74) is -0.417. The van der Waals surface area contributed by atoms with Crippen LogP contribution in [0, 0.1) is 5.41 Å². The minimum atomic E-state index is -0.417. The number of carbonyl (C=O) groups is 1. The van der Waals surface area contributed by atoms with Gasteiger partial charge in [0.1, 0.15) is 17.8 Å². The molecule has 0 aromatic carbocycles. The lowest BCUT2D eigenvalue weighted by Crippen LogP contribution is -2.44. The van der Waals surface area contributed by atoms with E-state index in [0.717, 1.165) is 25.0 Å². The van der Waals surface area contributed by atoms with Crippen molar-refractivity contribution in [3.63, 3.8) is 0 Å². The van der Waals surface area contributed by atoms with Crippen LogP contribution in [-0.4, -0.2) is 24.2 Å². The van der Waals surface area contributed by atoms with Crippen molar-refractivity contribution in [3.05, 3.63) is 24.5 Å². The van der Waals surface area contributed by atoms with Gasteiger partial charge in [0, 0.05) is 12.4 Å². The van der Waals surface area contributed by atoms with Gasteiger partial charge >= 0.3 is 5.97 Å². The summed E-state index contributed by atoms with van der Waals surface area (Å²) in [6, 6.07) is 3.58. The van der Waals surface area contributed by atoms with Crippen LogP contribution in [-0.2, 0) is 9.53 Å². The zero-order valence-corrected chi connectivity index (χ0v) is 10.0. The summed E-state index contributed by atoms with van der Waals surface area (Å²) in [6.45, 7) is 2.65. The first kappa shape index (κ1) is 11.9. The van der Waals surface area contributed by atoms with E-state index >= 15 is 0 Å². The highest BCUT2D eigenvalue weighted by Crippen LogP contribution is 2.42. The van der Waals surface area contributed by atoms with Gasteiger partial charge in [0.15, 0.2) is 0 Å². The summed E-state index contributed by atoms with van der Waals surface area (Å²) < 4.78 is 10.7. The number of ether oxygens (including phenoxy) is 2. The van der Waals surface area contributed by atoms with Crippen LogP contribution in [0.25, 0.3) is 0 Å². The molecule has 0 bridgehead atoms. The van der Waals surface area contributed by atoms with Gasteiger partial charge in [0.05, 0.1) is 6.61 Å². The summed E-state index contributed by atoms with van der Waals surface area (Å²) in [5.74, 6) is 0.621. The number of hydrogen-bond donors (Lipinski definition) is 0. The van der Waals surface area contributed by atoms with Gasteiger partial charge in [-0.2, -0.15) is 0 Å². The van der Waals surface area contributed by atoms with Crippen molar-refractivity contribution in [3.8, 4) is 5.75 Å². The van der Waals surface area contributed by atoms with Gasteiger partial charge in [0.2, 0.25) is 0 Å². The molecule has 4 heteroatoms. The fourth-order valence-electron chi connectivity index (χ4n) is 1.95. The molecule has 0 radical (unpaired) electrons. The topological polar surface area (TPSA) is 48.4 Å². The van der Waals surface area contributed by atoms with Crippen LogP contribution < -0.4 is 4.74 Å². The predicted octanol–water partition coefficient (Wildman–Crippen LogP) is 2.19. The van der Waals surface area contributed by atoms with E-state index in [-0.39, 0.29) is 5.97 Å². The van der Waals surface area contributed by atoms with Crippen molar-refractivity contribution in [1.29, 1.82) is 0 Å². The third kappa shape index (κ3) is 2.57. The molecule has 1 aromatic heterocycles. The molecule has 0 unspecified atom stereocenters. The van der Waals surface area contributed by atoms with Crippen molar-refractivity contribution >= 4 is 5.97 Å². The lowest BCUT2D eigenvalue weighted by Gasteiger charge is -2.38. The Balaban J connectivity index is 1.94. The van der Waals surface area contributed by atoms with Gasteiger partial charge in [-0.25, -0.2) is 0 Å². The van der Waals surface area contributed by atoms with E-state index in [2.05, 4.69) is 4.98 Å². The third-order valence-corrected chi connectivity index (χ3v) is 3.18. The lowest BCUT2D eigenvalue weighted by atomic mass is 9.69. The summed E-state index contributed by atoms with van der Waals surface area (Å²) in [7, 11) is 0. The molecule has 1 aliphatic rings. The number of esters is 1.